The highest BCUT2D eigenvalue weighted by Gasteiger charge is 2.23. The lowest BCUT2D eigenvalue weighted by molar-refractivity contribution is 0.259. The summed E-state index contributed by atoms with van der Waals surface area (Å²) in [4.78, 5) is 4.68. The molecular weight excluding hydrogens is 262 g/mol. The quantitative estimate of drug-likeness (QED) is 0.821. The van der Waals surface area contributed by atoms with E-state index in [-0.39, 0.29) is 6.10 Å². The Morgan fingerprint density at radius 3 is 2.67 bits per heavy atom. The van der Waals surface area contributed by atoms with Crippen LogP contribution in [0.5, 0.6) is 5.75 Å². The Morgan fingerprint density at radius 2 is 1.95 bits per heavy atom. The number of nitrogens with one attached hydrogen (secondary N) is 1. The number of fused-ring (bicyclic) bond motifs is 1. The summed E-state index contributed by atoms with van der Waals surface area (Å²) in [5, 5.41) is 3.36. The van der Waals surface area contributed by atoms with Crippen LogP contribution in [0, 0.1) is 6.92 Å². The number of nitrogen functional groups attached to an aromatic ring is 1. The molecule has 0 fully saturated rings. The Morgan fingerprint density at radius 1 is 1.19 bits per heavy atom. The molecule has 4 heteroatoms. The molecule has 3 N–H and O–H groups in total. The maximum Gasteiger partial charge on any atom is 0.156 e. The van der Waals surface area contributed by atoms with Gasteiger partial charge in [-0.3, -0.25) is 0 Å². The van der Waals surface area contributed by atoms with Gasteiger partial charge in [-0.1, -0.05) is 24.6 Å². The van der Waals surface area contributed by atoms with E-state index in [2.05, 4.69) is 36.3 Å². The summed E-state index contributed by atoms with van der Waals surface area (Å²) in [7, 11) is 0. The van der Waals surface area contributed by atoms with Crippen LogP contribution in [0.4, 0.5) is 17.1 Å². The number of aryl methyl sites for hydroxylation is 1. The second-order valence-electron chi connectivity index (χ2n) is 5.23. The number of hydrogen-bond donors (Lipinski definition) is 2. The van der Waals surface area contributed by atoms with Crippen molar-refractivity contribution >= 4 is 22.9 Å². The number of benzene rings is 2. The zero-order valence-corrected chi connectivity index (χ0v) is 12.3. The average Bonchev–Trinajstić information content (AvgIpc) is 2.49. The summed E-state index contributed by atoms with van der Waals surface area (Å²) in [6, 6.07) is 13.8. The van der Waals surface area contributed by atoms with Crippen molar-refractivity contribution in [3.8, 4) is 5.75 Å². The predicted octanol–water partition coefficient (Wildman–Crippen LogP) is 3.89. The second kappa shape index (κ2) is 5.48. The molecule has 108 valence electrons. The van der Waals surface area contributed by atoms with Crippen molar-refractivity contribution in [2.24, 2.45) is 4.99 Å². The van der Waals surface area contributed by atoms with Crippen molar-refractivity contribution in [3.05, 3.63) is 48.0 Å². The molecule has 1 unspecified atom stereocenters. The van der Waals surface area contributed by atoms with Crippen LogP contribution in [0.1, 0.15) is 18.9 Å². The Bertz CT molecular complexity index is 677. The van der Waals surface area contributed by atoms with E-state index in [0.29, 0.717) is 5.69 Å². The number of ether oxygens (including phenoxy) is 1. The third kappa shape index (κ3) is 2.84. The molecule has 1 heterocycles. The van der Waals surface area contributed by atoms with E-state index < -0.39 is 0 Å². The van der Waals surface area contributed by atoms with Crippen molar-refractivity contribution in [1.29, 1.82) is 0 Å². The number of aliphatic imine (C=N–C) groups is 1. The highest BCUT2D eigenvalue weighted by Crippen LogP contribution is 2.35. The molecule has 0 radical (unpaired) electrons. The van der Waals surface area contributed by atoms with Gasteiger partial charge in [-0.2, -0.15) is 0 Å². The van der Waals surface area contributed by atoms with Crippen LogP contribution in [0.25, 0.3) is 0 Å². The Labute approximate surface area is 124 Å². The summed E-state index contributed by atoms with van der Waals surface area (Å²) in [5.41, 5.74) is 9.54. The molecule has 0 spiro atoms. The molecule has 3 rings (SSSR count). The van der Waals surface area contributed by atoms with Gasteiger partial charge in [0.2, 0.25) is 0 Å². The second-order valence-corrected chi connectivity index (χ2v) is 5.23. The summed E-state index contributed by atoms with van der Waals surface area (Å²) in [6.45, 7) is 4.15. The van der Waals surface area contributed by atoms with Crippen molar-refractivity contribution in [2.45, 2.75) is 26.4 Å². The van der Waals surface area contributed by atoms with Crippen LogP contribution in [0.3, 0.4) is 0 Å². The third-order valence-corrected chi connectivity index (χ3v) is 3.49. The number of rotatable bonds is 2. The summed E-state index contributed by atoms with van der Waals surface area (Å²) in [5.74, 6) is 1.58. The van der Waals surface area contributed by atoms with Crippen LogP contribution in [0.15, 0.2) is 47.5 Å². The van der Waals surface area contributed by atoms with Gasteiger partial charge in [-0.25, -0.2) is 4.99 Å². The van der Waals surface area contributed by atoms with Crippen molar-refractivity contribution in [3.63, 3.8) is 0 Å². The Balaban J connectivity index is 1.91. The molecule has 0 aromatic heterocycles. The first-order valence-electron chi connectivity index (χ1n) is 7.14. The number of nitrogens with zero attached hydrogens (tertiary/aromatic N) is 1. The highest BCUT2D eigenvalue weighted by molar-refractivity contribution is 6.01. The molecule has 4 nitrogen and oxygen atoms in total. The SMILES string of the molecule is CCC1Oc2cc(N)ccc2N=C1Nc1ccc(C)cc1. The summed E-state index contributed by atoms with van der Waals surface area (Å²) < 4.78 is 6.00. The van der Waals surface area contributed by atoms with E-state index in [4.69, 9.17) is 10.5 Å². The lowest BCUT2D eigenvalue weighted by Gasteiger charge is -2.26. The molecule has 0 bridgehead atoms. The van der Waals surface area contributed by atoms with E-state index in [0.717, 1.165) is 29.4 Å². The zero-order chi connectivity index (χ0) is 14.8. The van der Waals surface area contributed by atoms with E-state index in [1.807, 2.05) is 30.3 Å². The van der Waals surface area contributed by atoms with Gasteiger partial charge >= 0.3 is 0 Å². The molecule has 1 aliphatic rings. The fraction of sp³-hybridized carbons (Fsp3) is 0.235. The Kier molecular flexibility index (Phi) is 3.52. The van der Waals surface area contributed by atoms with Crippen LogP contribution in [-0.4, -0.2) is 11.9 Å². The van der Waals surface area contributed by atoms with Gasteiger partial charge in [-0.05, 0) is 37.6 Å². The maximum absolute atomic E-state index is 6.00. The smallest absolute Gasteiger partial charge is 0.156 e. The van der Waals surface area contributed by atoms with Gasteiger partial charge in [0, 0.05) is 17.4 Å². The fourth-order valence-corrected chi connectivity index (χ4v) is 2.30. The molecule has 2 aromatic rings. The molecule has 0 saturated carbocycles. The standard InChI is InChI=1S/C17H19N3O/c1-3-15-17(19-13-7-4-11(2)5-8-13)20-14-9-6-12(18)10-16(14)21-15/h4-10,15H,3,18H2,1-2H3,(H,19,20). The summed E-state index contributed by atoms with van der Waals surface area (Å²) in [6.07, 6.45) is 0.756. The van der Waals surface area contributed by atoms with Crippen LogP contribution in [0.2, 0.25) is 0 Å². The number of nitrogens with two attached hydrogens (primary N) is 1. The zero-order valence-electron chi connectivity index (χ0n) is 12.3. The number of hydrogen-bond acceptors (Lipinski definition) is 4. The number of amidine groups is 1. The molecule has 1 aliphatic heterocycles. The van der Waals surface area contributed by atoms with E-state index in [9.17, 15) is 0 Å². The van der Waals surface area contributed by atoms with Crippen molar-refractivity contribution in [1.82, 2.24) is 0 Å². The van der Waals surface area contributed by atoms with Gasteiger partial charge in [0.15, 0.2) is 6.10 Å². The topological polar surface area (TPSA) is 59.6 Å². The average molecular weight is 281 g/mol. The van der Waals surface area contributed by atoms with Crippen molar-refractivity contribution < 1.29 is 4.74 Å². The highest BCUT2D eigenvalue weighted by atomic mass is 16.5. The maximum atomic E-state index is 6.00. The Hall–Kier alpha value is -2.49. The first-order chi connectivity index (χ1) is 10.2. The van der Waals surface area contributed by atoms with Crippen LogP contribution in [-0.2, 0) is 0 Å². The molecule has 1 atom stereocenters. The lowest BCUT2D eigenvalue weighted by atomic mass is 10.1. The first kappa shape index (κ1) is 13.5. The molecule has 2 aromatic carbocycles. The third-order valence-electron chi connectivity index (χ3n) is 3.49. The van der Waals surface area contributed by atoms with E-state index >= 15 is 0 Å². The van der Waals surface area contributed by atoms with Crippen LogP contribution >= 0.6 is 0 Å². The lowest BCUT2D eigenvalue weighted by Crippen LogP contribution is -2.34. The summed E-state index contributed by atoms with van der Waals surface area (Å²) >= 11 is 0. The van der Waals surface area contributed by atoms with E-state index in [1.54, 1.807) is 0 Å². The van der Waals surface area contributed by atoms with Gasteiger partial charge in [0.25, 0.3) is 0 Å². The van der Waals surface area contributed by atoms with Gasteiger partial charge in [-0.15, -0.1) is 0 Å². The first-order valence-corrected chi connectivity index (χ1v) is 7.14. The van der Waals surface area contributed by atoms with Gasteiger partial charge in [0.05, 0.1) is 0 Å². The van der Waals surface area contributed by atoms with Crippen molar-refractivity contribution in [2.75, 3.05) is 11.1 Å². The predicted molar refractivity (Wildman–Crippen MR) is 87.5 cm³/mol. The van der Waals surface area contributed by atoms with Gasteiger partial charge < -0.3 is 15.8 Å². The minimum Gasteiger partial charge on any atom is -0.480 e. The van der Waals surface area contributed by atoms with Crippen LogP contribution < -0.4 is 15.8 Å². The number of anilines is 2. The fourth-order valence-electron chi connectivity index (χ4n) is 2.30. The normalized spacial score (nSPS) is 16.7. The van der Waals surface area contributed by atoms with E-state index in [1.165, 1.54) is 5.56 Å². The molecule has 0 aliphatic carbocycles. The van der Waals surface area contributed by atoms with Gasteiger partial charge in [0.1, 0.15) is 17.3 Å². The molecule has 0 amide bonds. The molecule has 0 saturated heterocycles. The largest absolute Gasteiger partial charge is 0.480 e. The monoisotopic (exact) mass is 281 g/mol. The minimum absolute atomic E-state index is 0.0828. The molecule has 21 heavy (non-hydrogen) atoms. The molecular formula is C17H19N3O. The minimum atomic E-state index is -0.0828.